The molecule has 0 aromatic heterocycles. The average Bonchev–Trinajstić information content (AvgIpc) is 2.98. The number of likely N-dealkylation sites (tertiary alicyclic amines) is 1. The summed E-state index contributed by atoms with van der Waals surface area (Å²) in [6, 6.07) is 5.67. The van der Waals surface area contributed by atoms with E-state index < -0.39 is 0 Å². The lowest BCUT2D eigenvalue weighted by Gasteiger charge is -2.27. The molecule has 0 saturated carbocycles. The van der Waals surface area contributed by atoms with E-state index in [0.717, 1.165) is 23.8 Å². The highest BCUT2D eigenvalue weighted by atomic mass is 32.2. The van der Waals surface area contributed by atoms with E-state index in [0.29, 0.717) is 23.0 Å². The molecular formula is C18H22N2O3S. The van der Waals surface area contributed by atoms with Gasteiger partial charge in [-0.3, -0.25) is 4.79 Å². The first-order valence-corrected chi connectivity index (χ1v) is 9.11. The zero-order valence-corrected chi connectivity index (χ0v) is 14.9. The number of amidine groups is 1. The van der Waals surface area contributed by atoms with Gasteiger partial charge < -0.3 is 14.4 Å². The van der Waals surface area contributed by atoms with E-state index in [1.54, 1.807) is 7.11 Å². The van der Waals surface area contributed by atoms with Crippen LogP contribution in [0.3, 0.4) is 0 Å². The summed E-state index contributed by atoms with van der Waals surface area (Å²) in [5.41, 5.74) is 0.904. The van der Waals surface area contributed by atoms with Gasteiger partial charge in [-0.25, -0.2) is 0 Å². The standard InChI is InChI=1S/C18H22N2O3S/c1-3-23-14-8-7-13(11-15(14)22-2)12-16-17(21)19-18(24-16)20-9-5-4-6-10-20/h7-8,11-12H,3-6,9-10H2,1-2H3. The minimum atomic E-state index is -0.159. The van der Waals surface area contributed by atoms with Gasteiger partial charge in [0.1, 0.15) is 0 Å². The van der Waals surface area contributed by atoms with Crippen LogP contribution in [0.5, 0.6) is 11.5 Å². The fourth-order valence-corrected chi connectivity index (χ4v) is 3.78. The fourth-order valence-electron chi connectivity index (χ4n) is 2.82. The number of thioether (sulfide) groups is 1. The monoisotopic (exact) mass is 346 g/mol. The van der Waals surface area contributed by atoms with Gasteiger partial charge in [-0.15, -0.1) is 0 Å². The predicted molar refractivity (Wildman–Crippen MR) is 97.6 cm³/mol. The number of amides is 1. The van der Waals surface area contributed by atoms with Crippen molar-refractivity contribution in [1.29, 1.82) is 0 Å². The second-order valence-corrected chi connectivity index (χ2v) is 6.71. The zero-order chi connectivity index (χ0) is 16.9. The molecule has 1 fully saturated rings. The number of ether oxygens (including phenoxy) is 2. The van der Waals surface area contributed by atoms with Crippen LogP contribution in [0.25, 0.3) is 6.08 Å². The summed E-state index contributed by atoms with van der Waals surface area (Å²) < 4.78 is 10.9. The van der Waals surface area contributed by atoms with E-state index in [1.807, 2.05) is 31.2 Å². The van der Waals surface area contributed by atoms with E-state index in [2.05, 4.69) is 9.89 Å². The molecule has 6 heteroatoms. The highest BCUT2D eigenvalue weighted by molar-refractivity contribution is 8.18. The van der Waals surface area contributed by atoms with Crippen molar-refractivity contribution in [3.8, 4) is 11.5 Å². The maximum Gasteiger partial charge on any atom is 0.286 e. The molecule has 1 aromatic rings. The molecule has 0 spiro atoms. The van der Waals surface area contributed by atoms with Crippen molar-refractivity contribution in [2.75, 3.05) is 26.8 Å². The Bertz CT molecular complexity index is 679. The lowest BCUT2D eigenvalue weighted by molar-refractivity contribution is -0.113. The Labute approximate surface area is 146 Å². The van der Waals surface area contributed by atoms with Crippen LogP contribution in [-0.2, 0) is 4.79 Å². The third-order valence-electron chi connectivity index (χ3n) is 4.02. The van der Waals surface area contributed by atoms with Gasteiger partial charge in [0.15, 0.2) is 16.7 Å². The van der Waals surface area contributed by atoms with Crippen LogP contribution in [0.4, 0.5) is 0 Å². The smallest absolute Gasteiger partial charge is 0.286 e. The van der Waals surface area contributed by atoms with Crippen LogP contribution in [0, 0.1) is 0 Å². The third kappa shape index (κ3) is 3.75. The highest BCUT2D eigenvalue weighted by Gasteiger charge is 2.26. The maximum absolute atomic E-state index is 12.2. The molecule has 0 aliphatic carbocycles. The fraction of sp³-hybridized carbons (Fsp3) is 0.444. The Morgan fingerprint density at radius 2 is 2.04 bits per heavy atom. The summed E-state index contributed by atoms with van der Waals surface area (Å²) in [6.45, 7) is 4.49. The molecule has 3 rings (SSSR count). The van der Waals surface area contributed by atoms with Crippen molar-refractivity contribution in [3.63, 3.8) is 0 Å². The number of methoxy groups -OCH3 is 1. The number of carbonyl (C=O) groups is 1. The van der Waals surface area contributed by atoms with Gasteiger partial charge in [-0.2, -0.15) is 4.99 Å². The molecular weight excluding hydrogens is 324 g/mol. The van der Waals surface area contributed by atoms with Crippen molar-refractivity contribution >= 4 is 28.9 Å². The number of benzene rings is 1. The Kier molecular flexibility index (Phi) is 5.45. The topological polar surface area (TPSA) is 51.1 Å². The van der Waals surface area contributed by atoms with E-state index in [-0.39, 0.29) is 5.91 Å². The lowest BCUT2D eigenvalue weighted by Crippen LogP contribution is -2.33. The molecule has 2 heterocycles. The first kappa shape index (κ1) is 16.9. The molecule has 5 nitrogen and oxygen atoms in total. The van der Waals surface area contributed by atoms with E-state index in [9.17, 15) is 4.79 Å². The number of carbonyl (C=O) groups excluding carboxylic acids is 1. The van der Waals surface area contributed by atoms with Crippen molar-refractivity contribution in [2.24, 2.45) is 4.99 Å². The number of hydrogen-bond acceptors (Lipinski definition) is 5. The average molecular weight is 346 g/mol. The second-order valence-electron chi connectivity index (χ2n) is 5.70. The van der Waals surface area contributed by atoms with Gasteiger partial charge >= 0.3 is 0 Å². The van der Waals surface area contributed by atoms with Crippen LogP contribution in [0.1, 0.15) is 31.7 Å². The number of aliphatic imine (C=N–C) groups is 1. The summed E-state index contributed by atoms with van der Waals surface area (Å²) in [6.07, 6.45) is 5.47. The van der Waals surface area contributed by atoms with E-state index >= 15 is 0 Å². The van der Waals surface area contributed by atoms with E-state index in [1.165, 1.54) is 31.0 Å². The van der Waals surface area contributed by atoms with Gasteiger partial charge in [-0.05, 0) is 61.7 Å². The quantitative estimate of drug-likeness (QED) is 0.781. The SMILES string of the molecule is CCOc1ccc(C=C2SC(N3CCCCC3)=NC2=O)cc1OC. The van der Waals surface area contributed by atoms with Crippen LogP contribution in [0.15, 0.2) is 28.1 Å². The molecule has 1 aromatic carbocycles. The number of rotatable bonds is 4. The lowest BCUT2D eigenvalue weighted by atomic mass is 10.1. The summed E-state index contributed by atoms with van der Waals surface area (Å²) in [4.78, 5) is 19.3. The number of piperidine rings is 1. The first-order chi connectivity index (χ1) is 11.7. The van der Waals surface area contributed by atoms with Crippen LogP contribution < -0.4 is 9.47 Å². The predicted octanol–water partition coefficient (Wildman–Crippen LogP) is 3.55. The zero-order valence-electron chi connectivity index (χ0n) is 14.1. The largest absolute Gasteiger partial charge is 0.493 e. The van der Waals surface area contributed by atoms with Gasteiger partial charge in [0.25, 0.3) is 5.91 Å². The molecule has 0 N–H and O–H groups in total. The van der Waals surface area contributed by atoms with Gasteiger partial charge in [0, 0.05) is 13.1 Å². The maximum atomic E-state index is 12.2. The molecule has 0 unspecified atom stereocenters. The van der Waals surface area contributed by atoms with Crippen molar-refractivity contribution < 1.29 is 14.3 Å². The first-order valence-electron chi connectivity index (χ1n) is 8.29. The summed E-state index contributed by atoms with van der Waals surface area (Å²) in [5.74, 6) is 1.21. The van der Waals surface area contributed by atoms with E-state index in [4.69, 9.17) is 9.47 Å². The number of nitrogens with zero attached hydrogens (tertiary/aromatic N) is 2. The third-order valence-corrected chi connectivity index (χ3v) is 5.07. The summed E-state index contributed by atoms with van der Waals surface area (Å²) in [7, 11) is 1.61. The van der Waals surface area contributed by atoms with Gasteiger partial charge in [-0.1, -0.05) is 6.07 Å². The van der Waals surface area contributed by atoms with Crippen molar-refractivity contribution in [2.45, 2.75) is 26.2 Å². The van der Waals surface area contributed by atoms with Crippen molar-refractivity contribution in [1.82, 2.24) is 4.90 Å². The Morgan fingerprint density at radius 1 is 1.25 bits per heavy atom. The highest BCUT2D eigenvalue weighted by Crippen LogP contribution is 2.33. The minimum Gasteiger partial charge on any atom is -0.493 e. The molecule has 1 saturated heterocycles. The molecule has 1 amide bonds. The Balaban J connectivity index is 1.76. The summed E-state index contributed by atoms with van der Waals surface area (Å²) in [5, 5.41) is 0.837. The second kappa shape index (κ2) is 7.75. The minimum absolute atomic E-state index is 0.159. The summed E-state index contributed by atoms with van der Waals surface area (Å²) >= 11 is 1.46. The Hall–Kier alpha value is -1.95. The molecule has 0 bridgehead atoms. The van der Waals surface area contributed by atoms with Gasteiger partial charge in [0.05, 0.1) is 18.6 Å². The van der Waals surface area contributed by atoms with Crippen LogP contribution in [0.2, 0.25) is 0 Å². The Morgan fingerprint density at radius 3 is 2.75 bits per heavy atom. The molecule has 2 aliphatic heterocycles. The van der Waals surface area contributed by atoms with Crippen LogP contribution in [-0.4, -0.2) is 42.8 Å². The molecule has 24 heavy (non-hydrogen) atoms. The van der Waals surface area contributed by atoms with Gasteiger partial charge in [0.2, 0.25) is 0 Å². The molecule has 128 valence electrons. The normalized spacial score (nSPS) is 19.6. The molecule has 2 aliphatic rings. The van der Waals surface area contributed by atoms with Crippen molar-refractivity contribution in [3.05, 3.63) is 28.7 Å². The number of hydrogen-bond donors (Lipinski definition) is 0. The van der Waals surface area contributed by atoms with Crippen LogP contribution >= 0.6 is 11.8 Å². The molecule has 0 atom stereocenters. The molecule has 0 radical (unpaired) electrons.